The molecule has 0 bridgehead atoms. The number of ether oxygens (including phenoxy) is 2. The molecular formula is C16H20FN3O3. The van der Waals surface area contributed by atoms with Crippen LogP contribution in [0.5, 0.6) is 5.88 Å². The Hall–Kier alpha value is -1.83. The number of fused-ring (bicyclic) bond motifs is 1. The van der Waals surface area contributed by atoms with Gasteiger partial charge < -0.3 is 20.3 Å². The van der Waals surface area contributed by atoms with Gasteiger partial charge in [-0.25, -0.2) is 9.37 Å². The van der Waals surface area contributed by atoms with E-state index < -0.39 is 11.9 Å². The summed E-state index contributed by atoms with van der Waals surface area (Å²) in [4.78, 5) is 8.29. The molecule has 0 amide bonds. The third-order valence-electron chi connectivity index (χ3n) is 4.14. The third-order valence-corrected chi connectivity index (χ3v) is 4.14. The van der Waals surface area contributed by atoms with Gasteiger partial charge in [0.1, 0.15) is 5.82 Å². The van der Waals surface area contributed by atoms with Crippen molar-refractivity contribution in [1.29, 1.82) is 0 Å². The van der Waals surface area contributed by atoms with Crippen LogP contribution in [0.1, 0.15) is 18.4 Å². The summed E-state index contributed by atoms with van der Waals surface area (Å²) < 4.78 is 24.9. The zero-order valence-electron chi connectivity index (χ0n) is 12.9. The first kappa shape index (κ1) is 16.0. The van der Waals surface area contributed by atoms with E-state index in [4.69, 9.17) is 15.2 Å². The fourth-order valence-corrected chi connectivity index (χ4v) is 2.82. The molecule has 0 aliphatic carbocycles. The summed E-state index contributed by atoms with van der Waals surface area (Å²) in [6.07, 6.45) is 1.52. The van der Waals surface area contributed by atoms with Gasteiger partial charge >= 0.3 is 0 Å². The Kier molecular flexibility index (Phi) is 4.70. The highest BCUT2D eigenvalue weighted by Crippen LogP contribution is 2.25. The molecule has 2 aromatic rings. The minimum atomic E-state index is -0.824. The van der Waals surface area contributed by atoms with E-state index in [1.54, 1.807) is 12.1 Å². The van der Waals surface area contributed by atoms with Gasteiger partial charge in [0.2, 0.25) is 5.88 Å². The van der Waals surface area contributed by atoms with Crippen molar-refractivity contribution in [2.45, 2.75) is 37.5 Å². The van der Waals surface area contributed by atoms with Crippen LogP contribution in [0.25, 0.3) is 11.0 Å². The first-order valence-corrected chi connectivity index (χ1v) is 7.62. The van der Waals surface area contributed by atoms with Crippen LogP contribution in [-0.2, 0) is 11.2 Å². The molecule has 3 rings (SSSR count). The minimum absolute atomic E-state index is 0.00266. The monoisotopic (exact) mass is 321 g/mol. The average Bonchev–Trinajstić information content (AvgIpc) is 2.57. The number of nitrogens with zero attached hydrogens (tertiary/aromatic N) is 2. The molecule has 0 radical (unpaired) electrons. The molecule has 3 heterocycles. The zero-order chi connectivity index (χ0) is 16.4. The van der Waals surface area contributed by atoms with Crippen LogP contribution in [0.3, 0.4) is 0 Å². The second kappa shape index (κ2) is 6.74. The predicted molar refractivity (Wildman–Crippen MR) is 82.7 cm³/mol. The van der Waals surface area contributed by atoms with Crippen molar-refractivity contribution in [3.63, 3.8) is 0 Å². The second-order valence-corrected chi connectivity index (χ2v) is 5.79. The van der Waals surface area contributed by atoms with Crippen LogP contribution in [0.4, 0.5) is 4.39 Å². The second-order valence-electron chi connectivity index (χ2n) is 5.79. The fourth-order valence-electron chi connectivity index (χ4n) is 2.82. The number of rotatable bonds is 4. The van der Waals surface area contributed by atoms with Gasteiger partial charge in [0, 0.05) is 24.1 Å². The summed E-state index contributed by atoms with van der Waals surface area (Å²) in [5.74, 6) is -0.120. The predicted octanol–water partition coefficient (Wildman–Crippen LogP) is 1.19. The van der Waals surface area contributed by atoms with E-state index in [1.807, 2.05) is 0 Å². The van der Waals surface area contributed by atoms with Crippen LogP contribution in [-0.4, -0.2) is 47.0 Å². The van der Waals surface area contributed by atoms with Crippen molar-refractivity contribution in [2.24, 2.45) is 5.73 Å². The maximum absolute atomic E-state index is 14.2. The number of hydrogen-bond donors (Lipinski definition) is 2. The lowest BCUT2D eigenvalue weighted by Gasteiger charge is -2.30. The SMILES string of the molecule is COc1ccc2ncc(F)c(C[C@H](O)[C@@H]3CC[C@@H](N)CO3)c2n1. The van der Waals surface area contributed by atoms with E-state index >= 15 is 0 Å². The molecule has 1 aliphatic heterocycles. The quantitative estimate of drug-likeness (QED) is 0.879. The van der Waals surface area contributed by atoms with Crippen molar-refractivity contribution >= 4 is 11.0 Å². The standard InChI is InChI=1S/C16H20FN3O3/c1-22-15-5-3-12-16(20-15)10(11(17)7-19-12)6-13(21)14-4-2-9(18)8-23-14/h3,5,7,9,13-14,21H,2,4,6,8,18H2,1H3/t9-,13+,14+/m1/s1. The molecule has 124 valence electrons. The topological polar surface area (TPSA) is 90.5 Å². The summed E-state index contributed by atoms with van der Waals surface area (Å²) >= 11 is 0. The number of nitrogens with two attached hydrogens (primary N) is 1. The summed E-state index contributed by atoms with van der Waals surface area (Å²) in [5.41, 5.74) is 7.06. The molecule has 23 heavy (non-hydrogen) atoms. The van der Waals surface area contributed by atoms with E-state index in [0.29, 0.717) is 35.5 Å². The molecule has 0 spiro atoms. The Morgan fingerprint density at radius 2 is 2.30 bits per heavy atom. The number of hydrogen-bond acceptors (Lipinski definition) is 6. The van der Waals surface area contributed by atoms with Gasteiger partial charge in [0.15, 0.2) is 0 Å². The molecule has 3 atom stereocenters. The van der Waals surface area contributed by atoms with Crippen molar-refractivity contribution in [3.8, 4) is 5.88 Å². The lowest BCUT2D eigenvalue weighted by molar-refractivity contribution is -0.0673. The summed E-state index contributed by atoms with van der Waals surface area (Å²) in [6.45, 7) is 0.410. The van der Waals surface area contributed by atoms with Crippen LogP contribution in [0.15, 0.2) is 18.3 Å². The number of methoxy groups -OCH3 is 1. The summed E-state index contributed by atoms with van der Waals surface area (Å²) in [7, 11) is 1.49. The van der Waals surface area contributed by atoms with Crippen molar-refractivity contribution < 1.29 is 19.0 Å². The highest BCUT2D eigenvalue weighted by atomic mass is 19.1. The van der Waals surface area contributed by atoms with Gasteiger partial charge in [0.05, 0.1) is 43.2 Å². The highest BCUT2D eigenvalue weighted by Gasteiger charge is 2.27. The highest BCUT2D eigenvalue weighted by molar-refractivity contribution is 5.78. The van der Waals surface area contributed by atoms with Crippen LogP contribution in [0.2, 0.25) is 0 Å². The fraction of sp³-hybridized carbons (Fsp3) is 0.500. The first-order valence-electron chi connectivity index (χ1n) is 7.62. The Morgan fingerprint density at radius 3 is 3.00 bits per heavy atom. The van der Waals surface area contributed by atoms with Gasteiger partial charge in [-0.15, -0.1) is 0 Å². The molecule has 1 saturated heterocycles. The number of aromatic nitrogens is 2. The Balaban J connectivity index is 1.87. The molecule has 1 fully saturated rings. The number of aliphatic hydroxyl groups is 1. The number of pyridine rings is 2. The molecule has 2 aromatic heterocycles. The largest absolute Gasteiger partial charge is 0.481 e. The van der Waals surface area contributed by atoms with Crippen molar-refractivity contribution in [1.82, 2.24) is 9.97 Å². The number of halogens is 1. The van der Waals surface area contributed by atoms with Crippen molar-refractivity contribution in [2.75, 3.05) is 13.7 Å². The third kappa shape index (κ3) is 3.41. The molecule has 0 aromatic carbocycles. The van der Waals surface area contributed by atoms with Gasteiger partial charge in [-0.3, -0.25) is 4.98 Å². The Morgan fingerprint density at radius 1 is 1.48 bits per heavy atom. The summed E-state index contributed by atoms with van der Waals surface area (Å²) in [6, 6.07) is 3.38. The normalized spacial score (nSPS) is 23.0. The molecule has 6 nitrogen and oxygen atoms in total. The van der Waals surface area contributed by atoms with Gasteiger partial charge in [-0.1, -0.05) is 0 Å². The molecule has 0 unspecified atom stereocenters. The number of aliphatic hydroxyl groups excluding tert-OH is 1. The zero-order valence-corrected chi connectivity index (χ0v) is 12.9. The lowest BCUT2D eigenvalue weighted by Crippen LogP contribution is -2.41. The van der Waals surface area contributed by atoms with Gasteiger partial charge in [-0.05, 0) is 18.9 Å². The van der Waals surface area contributed by atoms with E-state index in [0.717, 1.165) is 12.6 Å². The average molecular weight is 321 g/mol. The lowest BCUT2D eigenvalue weighted by atomic mass is 9.96. The van der Waals surface area contributed by atoms with E-state index in [1.165, 1.54) is 7.11 Å². The molecule has 7 heteroatoms. The van der Waals surface area contributed by atoms with Crippen LogP contribution < -0.4 is 10.5 Å². The first-order chi connectivity index (χ1) is 11.1. The smallest absolute Gasteiger partial charge is 0.213 e. The summed E-state index contributed by atoms with van der Waals surface area (Å²) in [5, 5.41) is 10.4. The minimum Gasteiger partial charge on any atom is -0.481 e. The van der Waals surface area contributed by atoms with Crippen LogP contribution in [0, 0.1) is 5.82 Å². The van der Waals surface area contributed by atoms with Gasteiger partial charge in [0.25, 0.3) is 0 Å². The molecule has 3 N–H and O–H groups in total. The molecular weight excluding hydrogens is 301 g/mol. The Labute approximate surface area is 133 Å². The molecule has 1 aliphatic rings. The Bertz CT molecular complexity index is 690. The maximum Gasteiger partial charge on any atom is 0.213 e. The van der Waals surface area contributed by atoms with E-state index in [-0.39, 0.29) is 18.6 Å². The van der Waals surface area contributed by atoms with E-state index in [2.05, 4.69) is 9.97 Å². The van der Waals surface area contributed by atoms with Crippen LogP contribution >= 0.6 is 0 Å². The van der Waals surface area contributed by atoms with Crippen molar-refractivity contribution in [3.05, 3.63) is 29.7 Å². The van der Waals surface area contributed by atoms with E-state index in [9.17, 15) is 9.50 Å². The van der Waals surface area contributed by atoms with Gasteiger partial charge in [-0.2, -0.15) is 0 Å². The maximum atomic E-state index is 14.2. The molecule has 0 saturated carbocycles.